The van der Waals surface area contributed by atoms with Gasteiger partial charge in [0.15, 0.2) is 10.8 Å². The van der Waals surface area contributed by atoms with Gasteiger partial charge in [-0.2, -0.15) is 5.10 Å². The molecule has 6 heteroatoms. The summed E-state index contributed by atoms with van der Waals surface area (Å²) < 4.78 is 2.84. The first-order valence-corrected chi connectivity index (χ1v) is 7.61. The van der Waals surface area contributed by atoms with Gasteiger partial charge < -0.3 is 0 Å². The lowest BCUT2D eigenvalue weighted by Crippen LogP contribution is -2.13. The smallest absolute Gasteiger partial charge is 0.277 e. The van der Waals surface area contributed by atoms with Crippen molar-refractivity contribution >= 4 is 32.6 Å². The number of benzene rings is 1. The van der Waals surface area contributed by atoms with Crippen LogP contribution in [-0.4, -0.2) is 20.7 Å². The minimum absolute atomic E-state index is 0.225. The van der Waals surface area contributed by atoms with Crippen molar-refractivity contribution in [2.24, 2.45) is 0 Å². The minimum Gasteiger partial charge on any atom is -0.296 e. The lowest BCUT2D eigenvalue weighted by molar-refractivity contribution is 0.102. The van der Waals surface area contributed by atoms with Crippen molar-refractivity contribution < 1.29 is 4.79 Å². The van der Waals surface area contributed by atoms with E-state index in [4.69, 9.17) is 0 Å². The molecule has 5 nitrogen and oxygen atoms in total. The van der Waals surface area contributed by atoms with E-state index in [1.807, 2.05) is 19.9 Å². The van der Waals surface area contributed by atoms with Gasteiger partial charge in [-0.05, 0) is 38.0 Å². The predicted molar refractivity (Wildman–Crippen MR) is 84.9 cm³/mol. The van der Waals surface area contributed by atoms with Gasteiger partial charge >= 0.3 is 0 Å². The Balaban J connectivity index is 1.89. The lowest BCUT2D eigenvalue weighted by Gasteiger charge is -1.97. The van der Waals surface area contributed by atoms with Gasteiger partial charge in [0, 0.05) is 12.7 Å². The number of carbonyl (C=O) groups is 1. The number of hydrogen-bond acceptors (Lipinski definition) is 4. The Morgan fingerprint density at radius 2 is 2.05 bits per heavy atom. The third-order valence-electron chi connectivity index (χ3n) is 3.36. The van der Waals surface area contributed by atoms with Crippen LogP contribution in [0.3, 0.4) is 0 Å². The molecule has 2 heterocycles. The Morgan fingerprint density at radius 1 is 1.29 bits per heavy atom. The average molecular weight is 300 g/mol. The molecule has 1 aromatic carbocycles. The molecule has 0 fully saturated rings. The summed E-state index contributed by atoms with van der Waals surface area (Å²) in [5, 5.41) is 7.64. The maximum absolute atomic E-state index is 12.2. The van der Waals surface area contributed by atoms with E-state index in [0.29, 0.717) is 10.8 Å². The van der Waals surface area contributed by atoms with Crippen molar-refractivity contribution in [2.75, 3.05) is 5.32 Å². The fourth-order valence-electron chi connectivity index (χ4n) is 2.13. The Hall–Kier alpha value is -2.21. The van der Waals surface area contributed by atoms with Crippen molar-refractivity contribution in [3.63, 3.8) is 0 Å². The summed E-state index contributed by atoms with van der Waals surface area (Å²) in [6, 6.07) is 5.83. The zero-order valence-corrected chi connectivity index (χ0v) is 13.0. The summed E-state index contributed by atoms with van der Waals surface area (Å²) in [6.45, 7) is 6.80. The van der Waals surface area contributed by atoms with Crippen LogP contribution < -0.4 is 5.32 Å². The van der Waals surface area contributed by atoms with Gasteiger partial charge in [0.05, 0.1) is 10.2 Å². The second kappa shape index (κ2) is 5.29. The van der Waals surface area contributed by atoms with Crippen molar-refractivity contribution in [1.29, 1.82) is 0 Å². The average Bonchev–Trinajstić information content (AvgIpc) is 3.09. The highest BCUT2D eigenvalue weighted by molar-refractivity contribution is 7.22. The number of fused-ring (bicyclic) bond motifs is 1. The molecule has 21 heavy (non-hydrogen) atoms. The second-order valence-electron chi connectivity index (χ2n) is 4.91. The van der Waals surface area contributed by atoms with Gasteiger partial charge in [0.2, 0.25) is 0 Å². The maximum atomic E-state index is 12.2. The number of carbonyl (C=O) groups excluding carboxylic acids is 1. The molecular weight excluding hydrogens is 284 g/mol. The molecule has 0 saturated heterocycles. The van der Waals surface area contributed by atoms with Gasteiger partial charge in [0.25, 0.3) is 5.91 Å². The van der Waals surface area contributed by atoms with Crippen LogP contribution in [0.4, 0.5) is 5.13 Å². The van der Waals surface area contributed by atoms with Crippen LogP contribution in [0.25, 0.3) is 10.2 Å². The van der Waals surface area contributed by atoms with E-state index < -0.39 is 0 Å². The minimum atomic E-state index is -0.225. The SMILES string of the molecule is CCn1ccc(C(=O)Nc2nc3c(C)ccc(C)c3s2)n1. The predicted octanol–water partition coefficient (Wildman–Crippen LogP) is 3.38. The highest BCUT2D eigenvalue weighted by atomic mass is 32.1. The normalized spacial score (nSPS) is 11.0. The summed E-state index contributed by atoms with van der Waals surface area (Å²) in [6.07, 6.45) is 1.79. The number of amides is 1. The Labute approximate surface area is 126 Å². The Kier molecular flexibility index (Phi) is 3.47. The van der Waals surface area contributed by atoms with Crippen molar-refractivity contribution in [3.05, 3.63) is 41.2 Å². The molecule has 0 bridgehead atoms. The third kappa shape index (κ3) is 2.54. The first-order chi connectivity index (χ1) is 10.1. The molecule has 0 unspecified atom stereocenters. The molecular formula is C15H16N4OS. The van der Waals surface area contributed by atoms with E-state index in [1.165, 1.54) is 16.9 Å². The quantitative estimate of drug-likeness (QED) is 0.806. The molecule has 0 aliphatic carbocycles. The first-order valence-electron chi connectivity index (χ1n) is 6.80. The zero-order chi connectivity index (χ0) is 15.0. The van der Waals surface area contributed by atoms with Gasteiger partial charge in [-0.15, -0.1) is 0 Å². The molecule has 2 aromatic heterocycles. The first kappa shape index (κ1) is 13.8. The van der Waals surface area contributed by atoms with Crippen LogP contribution in [0.5, 0.6) is 0 Å². The molecule has 1 N–H and O–H groups in total. The van der Waals surface area contributed by atoms with E-state index >= 15 is 0 Å². The number of hydrogen-bond donors (Lipinski definition) is 1. The van der Waals surface area contributed by atoms with Gasteiger partial charge in [0.1, 0.15) is 0 Å². The number of aryl methyl sites for hydroxylation is 3. The van der Waals surface area contributed by atoms with Crippen LogP contribution in [0.2, 0.25) is 0 Å². The monoisotopic (exact) mass is 300 g/mol. The third-order valence-corrected chi connectivity index (χ3v) is 4.47. The molecule has 0 spiro atoms. The van der Waals surface area contributed by atoms with Crippen LogP contribution in [-0.2, 0) is 6.54 Å². The standard InChI is InChI=1S/C15H16N4OS/c1-4-19-8-7-11(18-19)14(20)17-15-16-12-9(2)5-6-10(3)13(12)21-15/h5-8H,4H2,1-3H3,(H,16,17,20). The summed E-state index contributed by atoms with van der Waals surface area (Å²) in [5.74, 6) is -0.225. The van der Waals surface area contributed by atoms with E-state index in [1.54, 1.807) is 16.9 Å². The van der Waals surface area contributed by atoms with Crippen molar-refractivity contribution in [3.8, 4) is 0 Å². The van der Waals surface area contributed by atoms with Gasteiger partial charge in [-0.25, -0.2) is 4.98 Å². The summed E-state index contributed by atoms with van der Waals surface area (Å²) in [4.78, 5) is 16.7. The second-order valence-corrected chi connectivity index (χ2v) is 5.91. The summed E-state index contributed by atoms with van der Waals surface area (Å²) in [5.41, 5.74) is 3.64. The Bertz CT molecular complexity index is 779. The highest BCUT2D eigenvalue weighted by Crippen LogP contribution is 2.30. The Morgan fingerprint density at radius 3 is 2.71 bits per heavy atom. The molecule has 108 valence electrons. The number of nitrogens with zero attached hydrogens (tertiary/aromatic N) is 3. The molecule has 3 rings (SSSR count). The van der Waals surface area contributed by atoms with Crippen LogP contribution in [0.15, 0.2) is 24.4 Å². The number of aromatic nitrogens is 3. The molecule has 0 aliphatic rings. The number of thiazole rings is 1. The molecule has 1 amide bonds. The van der Waals surface area contributed by atoms with Crippen molar-refractivity contribution in [2.45, 2.75) is 27.3 Å². The van der Waals surface area contributed by atoms with Crippen LogP contribution in [0, 0.1) is 13.8 Å². The topological polar surface area (TPSA) is 59.8 Å². The fraction of sp³-hybridized carbons (Fsp3) is 0.267. The molecule has 0 saturated carbocycles. The van der Waals surface area contributed by atoms with E-state index in [2.05, 4.69) is 28.4 Å². The number of rotatable bonds is 3. The molecule has 3 aromatic rings. The maximum Gasteiger partial charge on any atom is 0.277 e. The molecule has 0 radical (unpaired) electrons. The van der Waals surface area contributed by atoms with Crippen LogP contribution in [0.1, 0.15) is 28.5 Å². The highest BCUT2D eigenvalue weighted by Gasteiger charge is 2.14. The molecule has 0 atom stereocenters. The summed E-state index contributed by atoms with van der Waals surface area (Å²) in [7, 11) is 0. The van der Waals surface area contributed by atoms with E-state index in [-0.39, 0.29) is 5.91 Å². The lowest BCUT2D eigenvalue weighted by atomic mass is 10.1. The zero-order valence-electron chi connectivity index (χ0n) is 12.2. The fourth-order valence-corrected chi connectivity index (χ4v) is 3.14. The van der Waals surface area contributed by atoms with Crippen molar-refractivity contribution in [1.82, 2.24) is 14.8 Å². The number of anilines is 1. The van der Waals surface area contributed by atoms with E-state index in [0.717, 1.165) is 22.3 Å². The van der Waals surface area contributed by atoms with Gasteiger partial charge in [-0.1, -0.05) is 23.5 Å². The summed E-state index contributed by atoms with van der Waals surface area (Å²) >= 11 is 1.50. The largest absolute Gasteiger partial charge is 0.296 e. The van der Waals surface area contributed by atoms with E-state index in [9.17, 15) is 4.79 Å². The van der Waals surface area contributed by atoms with Crippen LogP contribution >= 0.6 is 11.3 Å². The molecule has 0 aliphatic heterocycles. The number of nitrogens with one attached hydrogen (secondary N) is 1. The van der Waals surface area contributed by atoms with Gasteiger partial charge in [-0.3, -0.25) is 14.8 Å².